The highest BCUT2D eigenvalue weighted by molar-refractivity contribution is 5.99. The molecule has 3 aromatic rings. The molecular weight excluding hydrogens is 337 g/mol. The van der Waals surface area contributed by atoms with Crippen LogP contribution in [0.4, 0.5) is 10.2 Å². The summed E-state index contributed by atoms with van der Waals surface area (Å²) in [6.07, 6.45) is 2.91. The van der Waals surface area contributed by atoms with Crippen LogP contribution >= 0.6 is 0 Å². The van der Waals surface area contributed by atoms with Gasteiger partial charge in [-0.3, -0.25) is 4.79 Å². The number of nitrogens with zero attached hydrogens (tertiary/aromatic N) is 3. The Morgan fingerprint density at radius 2 is 2.15 bits per heavy atom. The number of aromatic nitrogens is 3. The van der Waals surface area contributed by atoms with Crippen molar-refractivity contribution in [3.05, 3.63) is 53.6 Å². The van der Waals surface area contributed by atoms with Crippen molar-refractivity contribution in [2.24, 2.45) is 0 Å². The van der Waals surface area contributed by atoms with Crippen molar-refractivity contribution >= 4 is 17.4 Å². The van der Waals surface area contributed by atoms with Gasteiger partial charge < -0.3 is 15.4 Å². The standard InChI is InChI=1S/C18H18FN5O2/c1-10-8-20-18(25)14-9-21-24-6-5-16(23-17(14)24)22-11(2)13-7-12(19)3-4-15(13)26-10/h3-7,9-11H,8H2,1-2H3,(H,20,25)(H,22,23). The van der Waals surface area contributed by atoms with E-state index < -0.39 is 0 Å². The first-order valence-electron chi connectivity index (χ1n) is 8.36. The van der Waals surface area contributed by atoms with E-state index in [1.807, 2.05) is 13.8 Å². The normalized spacial score (nSPS) is 20.2. The number of carbonyl (C=O) groups excluding carboxylic acids is 1. The van der Waals surface area contributed by atoms with E-state index in [0.29, 0.717) is 34.9 Å². The van der Waals surface area contributed by atoms with Crippen LogP contribution in [0, 0.1) is 5.82 Å². The second kappa shape index (κ2) is 6.29. The van der Waals surface area contributed by atoms with Gasteiger partial charge in [0.05, 0.1) is 18.8 Å². The molecule has 2 unspecified atom stereocenters. The molecule has 0 saturated heterocycles. The summed E-state index contributed by atoms with van der Waals surface area (Å²) in [7, 11) is 0. The van der Waals surface area contributed by atoms with Crippen molar-refractivity contribution < 1.29 is 13.9 Å². The van der Waals surface area contributed by atoms with Crippen molar-refractivity contribution in [2.75, 3.05) is 11.9 Å². The highest BCUT2D eigenvalue weighted by Crippen LogP contribution is 2.29. The number of halogens is 1. The fourth-order valence-corrected chi connectivity index (χ4v) is 2.96. The Kier molecular flexibility index (Phi) is 3.95. The van der Waals surface area contributed by atoms with E-state index in [0.717, 1.165) is 0 Å². The maximum atomic E-state index is 13.8. The van der Waals surface area contributed by atoms with Crippen LogP contribution in [0.15, 0.2) is 36.7 Å². The number of carbonyl (C=O) groups is 1. The molecule has 2 aromatic heterocycles. The minimum absolute atomic E-state index is 0.251. The number of ether oxygens (including phenoxy) is 1. The summed E-state index contributed by atoms with van der Waals surface area (Å²) in [5.74, 6) is 0.512. The molecule has 0 spiro atoms. The highest BCUT2D eigenvalue weighted by atomic mass is 19.1. The zero-order valence-electron chi connectivity index (χ0n) is 14.4. The topological polar surface area (TPSA) is 80.6 Å². The van der Waals surface area contributed by atoms with E-state index in [1.165, 1.54) is 22.8 Å². The van der Waals surface area contributed by atoms with E-state index in [4.69, 9.17) is 4.74 Å². The predicted octanol–water partition coefficient (Wildman–Crippen LogP) is 2.55. The summed E-state index contributed by atoms with van der Waals surface area (Å²) in [6, 6.07) is 5.91. The Hall–Kier alpha value is -3.16. The highest BCUT2D eigenvalue weighted by Gasteiger charge is 2.20. The fraction of sp³-hybridized carbons (Fsp3) is 0.278. The largest absolute Gasteiger partial charge is 0.489 e. The number of amides is 1. The van der Waals surface area contributed by atoms with Crippen LogP contribution in [-0.4, -0.2) is 33.2 Å². The molecule has 0 fully saturated rings. The molecule has 2 atom stereocenters. The maximum Gasteiger partial charge on any atom is 0.256 e. The number of rotatable bonds is 0. The second-order valence-corrected chi connectivity index (χ2v) is 6.33. The Morgan fingerprint density at radius 3 is 3.00 bits per heavy atom. The molecule has 1 amide bonds. The zero-order chi connectivity index (χ0) is 18.3. The summed E-state index contributed by atoms with van der Waals surface area (Å²) in [5.41, 5.74) is 1.51. The Balaban J connectivity index is 1.82. The molecule has 8 heteroatoms. The lowest BCUT2D eigenvalue weighted by Crippen LogP contribution is -2.33. The van der Waals surface area contributed by atoms with Crippen molar-refractivity contribution in [1.29, 1.82) is 0 Å². The minimum atomic E-state index is -0.340. The van der Waals surface area contributed by atoms with Gasteiger partial charge in [-0.1, -0.05) is 0 Å². The van der Waals surface area contributed by atoms with E-state index in [1.54, 1.807) is 18.3 Å². The van der Waals surface area contributed by atoms with E-state index >= 15 is 0 Å². The number of anilines is 1. The zero-order valence-corrected chi connectivity index (χ0v) is 14.4. The Bertz CT molecular complexity index is 987. The first-order valence-corrected chi connectivity index (χ1v) is 8.36. The molecular formula is C18H18FN5O2. The van der Waals surface area contributed by atoms with E-state index in [2.05, 4.69) is 20.7 Å². The predicted molar refractivity (Wildman–Crippen MR) is 93.8 cm³/mol. The number of hydrogen-bond acceptors (Lipinski definition) is 5. The third kappa shape index (κ3) is 2.94. The van der Waals surface area contributed by atoms with Gasteiger partial charge in [-0.05, 0) is 38.1 Å². The lowest BCUT2D eigenvalue weighted by atomic mass is 10.1. The molecule has 4 rings (SSSR count). The molecule has 2 N–H and O–H groups in total. The molecule has 2 bridgehead atoms. The number of nitrogens with one attached hydrogen (secondary N) is 2. The molecule has 0 radical (unpaired) electrons. The molecule has 0 saturated carbocycles. The van der Waals surface area contributed by atoms with E-state index in [9.17, 15) is 9.18 Å². The van der Waals surface area contributed by atoms with E-state index in [-0.39, 0.29) is 23.9 Å². The van der Waals surface area contributed by atoms with Crippen LogP contribution in [0.5, 0.6) is 5.75 Å². The van der Waals surface area contributed by atoms with Crippen LogP contribution in [0.1, 0.15) is 35.8 Å². The van der Waals surface area contributed by atoms with Crippen LogP contribution in [0.2, 0.25) is 0 Å². The molecule has 26 heavy (non-hydrogen) atoms. The van der Waals surface area contributed by atoms with Crippen molar-refractivity contribution in [2.45, 2.75) is 26.0 Å². The van der Waals surface area contributed by atoms with Gasteiger partial charge in [0.1, 0.15) is 29.1 Å². The number of benzene rings is 1. The van der Waals surface area contributed by atoms with Crippen molar-refractivity contribution in [3.8, 4) is 5.75 Å². The molecule has 7 nitrogen and oxygen atoms in total. The summed E-state index contributed by atoms with van der Waals surface area (Å²) < 4.78 is 21.3. The van der Waals surface area contributed by atoms with Crippen LogP contribution < -0.4 is 15.4 Å². The molecule has 1 aliphatic rings. The van der Waals surface area contributed by atoms with Crippen LogP contribution in [-0.2, 0) is 0 Å². The van der Waals surface area contributed by atoms with Gasteiger partial charge >= 0.3 is 0 Å². The SMILES string of the molecule is CC1CNC(=O)c2cnn3ccc(nc23)NC(C)c2cc(F)ccc2O1. The average Bonchev–Trinajstić information content (AvgIpc) is 3.03. The van der Waals surface area contributed by atoms with Gasteiger partial charge in [0.25, 0.3) is 5.91 Å². The second-order valence-electron chi connectivity index (χ2n) is 6.33. The lowest BCUT2D eigenvalue weighted by Gasteiger charge is -2.21. The van der Waals surface area contributed by atoms with Gasteiger partial charge in [0, 0.05) is 11.8 Å². The summed E-state index contributed by atoms with van der Waals surface area (Å²) in [5, 5.41) is 10.2. The third-order valence-electron chi connectivity index (χ3n) is 4.29. The van der Waals surface area contributed by atoms with Crippen molar-refractivity contribution in [3.63, 3.8) is 0 Å². The van der Waals surface area contributed by atoms with Gasteiger partial charge in [0.15, 0.2) is 5.65 Å². The smallest absolute Gasteiger partial charge is 0.256 e. The number of hydrogen-bond donors (Lipinski definition) is 2. The van der Waals surface area contributed by atoms with Gasteiger partial charge in [-0.25, -0.2) is 13.9 Å². The lowest BCUT2D eigenvalue weighted by molar-refractivity contribution is 0.0933. The molecule has 134 valence electrons. The molecule has 1 aliphatic heterocycles. The van der Waals surface area contributed by atoms with Crippen molar-refractivity contribution in [1.82, 2.24) is 19.9 Å². The average molecular weight is 355 g/mol. The van der Waals surface area contributed by atoms with Crippen LogP contribution in [0.3, 0.4) is 0 Å². The summed E-state index contributed by atoms with van der Waals surface area (Å²) in [4.78, 5) is 17.0. The quantitative estimate of drug-likeness (QED) is 0.648. The first-order chi connectivity index (χ1) is 12.5. The van der Waals surface area contributed by atoms with Gasteiger partial charge in [0.2, 0.25) is 0 Å². The molecule has 3 heterocycles. The van der Waals surface area contributed by atoms with Gasteiger partial charge in [-0.15, -0.1) is 0 Å². The molecule has 1 aromatic carbocycles. The first kappa shape index (κ1) is 16.3. The number of fused-ring (bicyclic) bond motifs is 2. The van der Waals surface area contributed by atoms with Gasteiger partial charge in [-0.2, -0.15) is 5.10 Å². The third-order valence-corrected chi connectivity index (χ3v) is 4.29. The Labute approximate surface area is 149 Å². The van der Waals surface area contributed by atoms with Crippen LogP contribution in [0.25, 0.3) is 5.65 Å². The maximum absolute atomic E-state index is 13.8. The minimum Gasteiger partial charge on any atom is -0.489 e. The molecule has 0 aliphatic carbocycles. The summed E-state index contributed by atoms with van der Waals surface area (Å²) in [6.45, 7) is 4.05. The monoisotopic (exact) mass is 355 g/mol. The summed E-state index contributed by atoms with van der Waals surface area (Å²) >= 11 is 0. The Morgan fingerprint density at radius 1 is 1.31 bits per heavy atom. The fourth-order valence-electron chi connectivity index (χ4n) is 2.96.